The molecule has 0 amide bonds. The third-order valence-electron chi connectivity index (χ3n) is 3.01. The van der Waals surface area contributed by atoms with Crippen molar-refractivity contribution in [2.24, 2.45) is 5.73 Å². The van der Waals surface area contributed by atoms with Gasteiger partial charge in [0.2, 0.25) is 0 Å². The monoisotopic (exact) mass is 274 g/mol. The Bertz CT molecular complexity index is 560. The van der Waals surface area contributed by atoms with Crippen molar-refractivity contribution in [2.75, 3.05) is 18.5 Å². The Morgan fingerprint density at radius 2 is 2.00 bits per heavy atom. The van der Waals surface area contributed by atoms with E-state index in [4.69, 9.17) is 10.5 Å². The van der Waals surface area contributed by atoms with Crippen LogP contribution in [-0.2, 0) is 0 Å². The Morgan fingerprint density at radius 1 is 1.20 bits per heavy atom. The molecule has 2 aromatic rings. The Kier molecular flexibility index (Phi) is 4.96. The van der Waals surface area contributed by atoms with Gasteiger partial charge in [-0.2, -0.15) is 0 Å². The number of hydrogen-bond acceptors (Lipinski definition) is 3. The molecule has 106 valence electrons. The van der Waals surface area contributed by atoms with E-state index in [9.17, 15) is 4.39 Å². The lowest BCUT2D eigenvalue weighted by Crippen LogP contribution is -2.21. The van der Waals surface area contributed by atoms with Crippen LogP contribution in [0.15, 0.2) is 48.5 Å². The van der Waals surface area contributed by atoms with Crippen LogP contribution in [0.5, 0.6) is 5.75 Å². The molecule has 2 aromatic carbocycles. The first kappa shape index (κ1) is 14.3. The smallest absolute Gasteiger partial charge is 0.146 e. The molecule has 0 radical (unpaired) electrons. The molecule has 2 rings (SSSR count). The summed E-state index contributed by atoms with van der Waals surface area (Å²) in [6.45, 7) is 2.91. The fourth-order valence-electron chi connectivity index (χ4n) is 2.03. The van der Waals surface area contributed by atoms with E-state index in [1.54, 1.807) is 18.2 Å². The molecule has 0 heterocycles. The number of anilines is 1. The Labute approximate surface area is 118 Å². The molecule has 0 aliphatic rings. The van der Waals surface area contributed by atoms with E-state index in [2.05, 4.69) is 5.32 Å². The Morgan fingerprint density at radius 3 is 2.70 bits per heavy atom. The van der Waals surface area contributed by atoms with Gasteiger partial charge in [-0.1, -0.05) is 24.3 Å². The number of rotatable bonds is 6. The molecule has 0 saturated heterocycles. The molecule has 3 nitrogen and oxygen atoms in total. The quantitative estimate of drug-likeness (QED) is 0.849. The van der Waals surface area contributed by atoms with Gasteiger partial charge in [0.1, 0.15) is 11.6 Å². The summed E-state index contributed by atoms with van der Waals surface area (Å²) < 4.78 is 19.1. The molecule has 0 aliphatic carbocycles. The van der Waals surface area contributed by atoms with Gasteiger partial charge in [-0.3, -0.25) is 0 Å². The summed E-state index contributed by atoms with van der Waals surface area (Å²) in [5, 5.41) is 3.13. The lowest BCUT2D eigenvalue weighted by Gasteiger charge is -2.19. The van der Waals surface area contributed by atoms with Crippen LogP contribution in [0.2, 0.25) is 0 Å². The van der Waals surface area contributed by atoms with Gasteiger partial charge in [0.05, 0.1) is 18.3 Å². The summed E-state index contributed by atoms with van der Waals surface area (Å²) in [4.78, 5) is 0. The fraction of sp³-hybridized carbons (Fsp3) is 0.250. The van der Waals surface area contributed by atoms with Gasteiger partial charge in [-0.05, 0) is 36.8 Å². The van der Waals surface area contributed by atoms with Gasteiger partial charge < -0.3 is 15.8 Å². The summed E-state index contributed by atoms with van der Waals surface area (Å²) in [5.74, 6) is 0.505. The van der Waals surface area contributed by atoms with Crippen molar-refractivity contribution in [1.29, 1.82) is 0 Å². The topological polar surface area (TPSA) is 47.3 Å². The summed E-state index contributed by atoms with van der Waals surface area (Å²) >= 11 is 0. The number of nitrogens with one attached hydrogen (secondary N) is 1. The minimum absolute atomic E-state index is 0.160. The largest absolute Gasteiger partial charge is 0.494 e. The third-order valence-corrected chi connectivity index (χ3v) is 3.01. The number of halogens is 1. The van der Waals surface area contributed by atoms with Crippen molar-refractivity contribution in [3.05, 3.63) is 59.9 Å². The molecular formula is C16H19FN2O. The number of nitrogens with two attached hydrogens (primary N) is 1. The van der Waals surface area contributed by atoms with Crippen LogP contribution >= 0.6 is 0 Å². The molecule has 0 aliphatic heterocycles. The second-order valence-corrected chi connectivity index (χ2v) is 4.42. The zero-order valence-corrected chi connectivity index (χ0v) is 11.5. The molecule has 0 aromatic heterocycles. The van der Waals surface area contributed by atoms with E-state index in [0.29, 0.717) is 18.8 Å². The molecule has 0 spiro atoms. The van der Waals surface area contributed by atoms with Gasteiger partial charge in [-0.15, -0.1) is 0 Å². The van der Waals surface area contributed by atoms with Gasteiger partial charge in [0, 0.05) is 6.54 Å². The zero-order chi connectivity index (χ0) is 14.4. The first-order valence-electron chi connectivity index (χ1n) is 6.68. The number of ether oxygens (including phenoxy) is 1. The molecule has 20 heavy (non-hydrogen) atoms. The highest BCUT2D eigenvalue weighted by Crippen LogP contribution is 2.24. The van der Waals surface area contributed by atoms with E-state index in [1.807, 2.05) is 31.2 Å². The van der Waals surface area contributed by atoms with Crippen molar-refractivity contribution >= 4 is 5.69 Å². The molecule has 3 N–H and O–H groups in total. The molecular weight excluding hydrogens is 255 g/mol. The van der Waals surface area contributed by atoms with Crippen LogP contribution in [0.3, 0.4) is 0 Å². The molecule has 4 heteroatoms. The van der Waals surface area contributed by atoms with E-state index >= 15 is 0 Å². The van der Waals surface area contributed by atoms with Crippen molar-refractivity contribution in [3.8, 4) is 5.75 Å². The van der Waals surface area contributed by atoms with Crippen molar-refractivity contribution < 1.29 is 9.13 Å². The molecule has 0 bridgehead atoms. The van der Waals surface area contributed by atoms with Crippen molar-refractivity contribution in [1.82, 2.24) is 0 Å². The second-order valence-electron chi connectivity index (χ2n) is 4.42. The lowest BCUT2D eigenvalue weighted by molar-refractivity contribution is 0.339. The summed E-state index contributed by atoms with van der Waals surface area (Å²) in [6.07, 6.45) is 0. The van der Waals surface area contributed by atoms with Crippen LogP contribution in [0.25, 0.3) is 0 Å². The summed E-state index contributed by atoms with van der Waals surface area (Å²) in [6, 6.07) is 14.1. The summed E-state index contributed by atoms with van der Waals surface area (Å²) in [7, 11) is 0. The first-order valence-corrected chi connectivity index (χ1v) is 6.68. The second kappa shape index (κ2) is 6.91. The first-order chi connectivity index (χ1) is 9.74. The number of benzene rings is 2. The van der Waals surface area contributed by atoms with Crippen molar-refractivity contribution in [2.45, 2.75) is 13.0 Å². The SMILES string of the molecule is CCOc1cccc(C(CN)Nc2ccccc2F)c1. The van der Waals surface area contributed by atoms with Crippen LogP contribution in [0, 0.1) is 5.82 Å². The van der Waals surface area contributed by atoms with Crippen LogP contribution in [0.1, 0.15) is 18.5 Å². The average Bonchev–Trinajstić information content (AvgIpc) is 2.47. The maximum absolute atomic E-state index is 13.7. The highest BCUT2D eigenvalue weighted by atomic mass is 19.1. The molecule has 0 fully saturated rings. The van der Waals surface area contributed by atoms with E-state index in [1.165, 1.54) is 6.07 Å². The van der Waals surface area contributed by atoms with Gasteiger partial charge in [-0.25, -0.2) is 4.39 Å². The zero-order valence-electron chi connectivity index (χ0n) is 11.5. The van der Waals surface area contributed by atoms with Crippen LogP contribution < -0.4 is 15.8 Å². The van der Waals surface area contributed by atoms with Crippen LogP contribution in [0.4, 0.5) is 10.1 Å². The predicted octanol–water partition coefficient (Wildman–Crippen LogP) is 3.34. The maximum Gasteiger partial charge on any atom is 0.146 e. The van der Waals surface area contributed by atoms with Gasteiger partial charge >= 0.3 is 0 Å². The molecule has 1 atom stereocenters. The van der Waals surface area contributed by atoms with E-state index < -0.39 is 0 Å². The van der Waals surface area contributed by atoms with E-state index in [0.717, 1.165) is 11.3 Å². The van der Waals surface area contributed by atoms with Gasteiger partial charge in [0.15, 0.2) is 0 Å². The fourth-order valence-corrected chi connectivity index (χ4v) is 2.03. The number of para-hydroxylation sites is 1. The highest BCUT2D eigenvalue weighted by Gasteiger charge is 2.12. The normalized spacial score (nSPS) is 11.9. The van der Waals surface area contributed by atoms with E-state index in [-0.39, 0.29) is 11.9 Å². The minimum Gasteiger partial charge on any atom is -0.494 e. The highest BCUT2D eigenvalue weighted by molar-refractivity contribution is 5.47. The Balaban J connectivity index is 2.20. The van der Waals surface area contributed by atoms with Gasteiger partial charge in [0.25, 0.3) is 0 Å². The number of hydrogen-bond donors (Lipinski definition) is 2. The summed E-state index contributed by atoms with van der Waals surface area (Å²) in [5.41, 5.74) is 7.22. The Hall–Kier alpha value is -2.07. The van der Waals surface area contributed by atoms with Crippen LogP contribution in [-0.4, -0.2) is 13.2 Å². The minimum atomic E-state index is -0.285. The maximum atomic E-state index is 13.7. The molecule has 0 saturated carbocycles. The lowest BCUT2D eigenvalue weighted by atomic mass is 10.1. The predicted molar refractivity (Wildman–Crippen MR) is 79.4 cm³/mol. The average molecular weight is 274 g/mol. The molecule has 1 unspecified atom stereocenters. The van der Waals surface area contributed by atoms with Crippen molar-refractivity contribution in [3.63, 3.8) is 0 Å². The third kappa shape index (κ3) is 3.48. The standard InChI is InChI=1S/C16H19FN2O/c1-2-20-13-7-5-6-12(10-13)16(11-18)19-15-9-4-3-8-14(15)17/h3-10,16,19H,2,11,18H2,1H3.